The third kappa shape index (κ3) is 4.68. The molecule has 3 rings (SSSR count). The van der Waals surface area contributed by atoms with Crippen LogP contribution in [-0.4, -0.2) is 31.8 Å². The van der Waals surface area contributed by atoms with Gasteiger partial charge in [-0.1, -0.05) is 29.8 Å². The topological polar surface area (TPSA) is 92.5 Å². The Morgan fingerprint density at radius 2 is 1.93 bits per heavy atom. The van der Waals surface area contributed by atoms with Gasteiger partial charge in [-0.05, 0) is 54.3 Å². The van der Waals surface area contributed by atoms with Gasteiger partial charge in [0.25, 0.3) is 0 Å². The summed E-state index contributed by atoms with van der Waals surface area (Å²) in [6.45, 7) is 2.84. The molecule has 2 aromatic rings. The Balaban J connectivity index is 1.72. The Morgan fingerprint density at radius 3 is 2.59 bits per heavy atom. The number of sulfonamides is 1. The molecule has 144 valence electrons. The maximum absolute atomic E-state index is 12.6. The number of rotatable bonds is 5. The normalized spacial score (nSPS) is 15.3. The number of nitrogens with two attached hydrogens (primary N) is 1. The van der Waals surface area contributed by atoms with Crippen molar-refractivity contribution in [2.45, 2.75) is 37.4 Å². The molecule has 1 aliphatic heterocycles. The fraction of sp³-hybridized carbons (Fsp3) is 0.316. The van der Waals surface area contributed by atoms with Crippen LogP contribution in [0.3, 0.4) is 0 Å². The van der Waals surface area contributed by atoms with Gasteiger partial charge in [0, 0.05) is 24.7 Å². The summed E-state index contributed by atoms with van der Waals surface area (Å²) in [7, 11) is -3.63. The molecule has 8 heteroatoms. The number of amides is 1. The van der Waals surface area contributed by atoms with Crippen molar-refractivity contribution in [1.82, 2.24) is 9.62 Å². The maximum atomic E-state index is 12.6. The van der Waals surface area contributed by atoms with E-state index >= 15 is 0 Å². The minimum atomic E-state index is -3.63. The van der Waals surface area contributed by atoms with Gasteiger partial charge in [0.1, 0.15) is 0 Å². The molecule has 0 fully saturated rings. The van der Waals surface area contributed by atoms with Gasteiger partial charge in [-0.3, -0.25) is 4.79 Å². The third-order valence-corrected chi connectivity index (χ3v) is 6.23. The van der Waals surface area contributed by atoms with E-state index in [0.717, 1.165) is 16.7 Å². The zero-order valence-corrected chi connectivity index (χ0v) is 16.6. The van der Waals surface area contributed by atoms with Crippen molar-refractivity contribution in [1.29, 1.82) is 0 Å². The van der Waals surface area contributed by atoms with Gasteiger partial charge in [-0.25, -0.2) is 13.1 Å². The van der Waals surface area contributed by atoms with Gasteiger partial charge in [0.15, 0.2) is 0 Å². The highest BCUT2D eigenvalue weighted by atomic mass is 35.5. The Kier molecular flexibility index (Phi) is 5.86. The highest BCUT2D eigenvalue weighted by molar-refractivity contribution is 7.89. The van der Waals surface area contributed by atoms with Crippen LogP contribution in [0.25, 0.3) is 0 Å². The van der Waals surface area contributed by atoms with Crippen molar-refractivity contribution in [2.24, 2.45) is 5.73 Å². The van der Waals surface area contributed by atoms with E-state index in [1.54, 1.807) is 54.3 Å². The first-order valence-corrected chi connectivity index (χ1v) is 10.5. The number of benzene rings is 2. The van der Waals surface area contributed by atoms with Crippen LogP contribution < -0.4 is 10.5 Å². The van der Waals surface area contributed by atoms with Crippen LogP contribution in [0.5, 0.6) is 0 Å². The summed E-state index contributed by atoms with van der Waals surface area (Å²) in [5.41, 5.74) is 8.39. The highest BCUT2D eigenvalue weighted by Crippen LogP contribution is 2.23. The summed E-state index contributed by atoms with van der Waals surface area (Å²) in [5, 5.41) is 0.604. The van der Waals surface area contributed by atoms with Crippen molar-refractivity contribution in [3.63, 3.8) is 0 Å². The first kappa shape index (κ1) is 19.8. The number of fused-ring (bicyclic) bond motifs is 1. The second-order valence-electron chi connectivity index (χ2n) is 6.68. The molecule has 1 unspecified atom stereocenters. The van der Waals surface area contributed by atoms with Crippen molar-refractivity contribution in [3.8, 4) is 0 Å². The molecule has 1 aliphatic rings. The van der Waals surface area contributed by atoms with E-state index in [1.165, 1.54) is 0 Å². The van der Waals surface area contributed by atoms with E-state index in [4.69, 9.17) is 17.3 Å². The highest BCUT2D eigenvalue weighted by Gasteiger charge is 2.24. The smallest absolute Gasteiger partial charge is 0.240 e. The van der Waals surface area contributed by atoms with E-state index in [9.17, 15) is 13.2 Å². The number of halogens is 1. The molecule has 0 radical (unpaired) electrons. The Morgan fingerprint density at radius 1 is 1.22 bits per heavy atom. The average Bonchev–Trinajstić information content (AvgIpc) is 2.66. The number of nitrogens with zero attached hydrogens (tertiary/aromatic N) is 1. The first-order valence-electron chi connectivity index (χ1n) is 8.66. The second kappa shape index (κ2) is 7.98. The molecule has 0 saturated heterocycles. The van der Waals surface area contributed by atoms with Gasteiger partial charge in [-0.2, -0.15) is 0 Å². The number of hydrogen-bond donors (Lipinski definition) is 2. The Labute approximate surface area is 164 Å². The average molecular weight is 408 g/mol. The van der Waals surface area contributed by atoms with Crippen LogP contribution in [0.2, 0.25) is 5.02 Å². The molecule has 0 spiro atoms. The van der Waals surface area contributed by atoms with Gasteiger partial charge in [0.2, 0.25) is 15.9 Å². The lowest BCUT2D eigenvalue weighted by Crippen LogP contribution is -2.44. The van der Waals surface area contributed by atoms with Crippen molar-refractivity contribution in [2.75, 3.05) is 6.54 Å². The summed E-state index contributed by atoms with van der Waals surface area (Å²) < 4.78 is 27.8. The predicted molar refractivity (Wildman–Crippen MR) is 105 cm³/mol. The molecule has 1 heterocycles. The lowest BCUT2D eigenvalue weighted by molar-refractivity contribution is -0.133. The molecule has 0 aromatic heterocycles. The van der Waals surface area contributed by atoms with E-state index in [-0.39, 0.29) is 17.3 Å². The van der Waals surface area contributed by atoms with E-state index in [2.05, 4.69) is 4.72 Å². The quantitative estimate of drug-likeness (QED) is 0.793. The third-order valence-electron chi connectivity index (χ3n) is 4.58. The van der Waals surface area contributed by atoms with Gasteiger partial charge < -0.3 is 10.6 Å². The maximum Gasteiger partial charge on any atom is 0.240 e. The van der Waals surface area contributed by atoms with Crippen LogP contribution in [0.15, 0.2) is 47.4 Å². The number of carbonyl (C=O) groups excluding carboxylic acids is 1. The summed E-state index contributed by atoms with van der Waals surface area (Å²) in [4.78, 5) is 14.0. The lowest BCUT2D eigenvalue weighted by Gasteiger charge is -2.30. The van der Waals surface area contributed by atoms with Crippen LogP contribution in [-0.2, 0) is 34.3 Å². The van der Waals surface area contributed by atoms with Crippen LogP contribution in [0, 0.1) is 0 Å². The monoisotopic (exact) mass is 407 g/mol. The zero-order valence-electron chi connectivity index (χ0n) is 15.0. The van der Waals surface area contributed by atoms with Gasteiger partial charge in [0.05, 0.1) is 10.9 Å². The second-order valence-corrected chi connectivity index (χ2v) is 8.88. The predicted octanol–water partition coefficient (Wildman–Crippen LogP) is 2.05. The fourth-order valence-electron chi connectivity index (χ4n) is 3.04. The van der Waals surface area contributed by atoms with E-state index in [0.29, 0.717) is 24.5 Å². The molecule has 0 saturated carbocycles. The zero-order chi connectivity index (χ0) is 19.6. The molecular weight excluding hydrogens is 386 g/mol. The Hall–Kier alpha value is -1.93. The molecule has 1 atom stereocenters. The molecule has 1 amide bonds. The van der Waals surface area contributed by atoms with Gasteiger partial charge >= 0.3 is 0 Å². The minimum Gasteiger partial charge on any atom is -0.337 e. The lowest BCUT2D eigenvalue weighted by atomic mass is 9.99. The van der Waals surface area contributed by atoms with E-state index < -0.39 is 16.1 Å². The minimum absolute atomic E-state index is 0.0954. The molecule has 2 aromatic carbocycles. The summed E-state index contributed by atoms with van der Waals surface area (Å²) >= 11 is 5.84. The van der Waals surface area contributed by atoms with Crippen molar-refractivity contribution in [3.05, 3.63) is 64.2 Å². The fourth-order valence-corrected chi connectivity index (χ4v) is 4.23. The number of carbonyl (C=O) groups is 1. The van der Waals surface area contributed by atoms with Crippen molar-refractivity contribution < 1.29 is 13.2 Å². The van der Waals surface area contributed by atoms with Crippen LogP contribution >= 0.6 is 11.6 Å². The standard InChI is InChI=1S/C19H22ClN3O3S/c1-13(21)19(24)23-9-8-15-10-18(7-4-16(15)12-23)27(25,26)22-11-14-2-5-17(20)6-3-14/h2-7,10,13,22H,8-9,11-12,21H2,1H3. The largest absolute Gasteiger partial charge is 0.337 e. The SMILES string of the molecule is CC(N)C(=O)N1CCc2cc(S(=O)(=O)NCc3ccc(Cl)cc3)ccc2C1. The summed E-state index contributed by atoms with van der Waals surface area (Å²) in [6, 6.07) is 11.5. The molecule has 6 nitrogen and oxygen atoms in total. The molecule has 0 bridgehead atoms. The number of hydrogen-bond acceptors (Lipinski definition) is 4. The summed E-state index contributed by atoms with van der Waals surface area (Å²) in [6.07, 6.45) is 0.605. The molecule has 0 aliphatic carbocycles. The molecular formula is C19H22ClN3O3S. The van der Waals surface area contributed by atoms with Gasteiger partial charge in [-0.15, -0.1) is 0 Å². The van der Waals surface area contributed by atoms with Crippen LogP contribution in [0.1, 0.15) is 23.6 Å². The first-order chi connectivity index (χ1) is 12.8. The number of nitrogens with one attached hydrogen (secondary N) is 1. The van der Waals surface area contributed by atoms with Crippen LogP contribution in [0.4, 0.5) is 0 Å². The summed E-state index contributed by atoms with van der Waals surface area (Å²) in [5.74, 6) is -0.0954. The van der Waals surface area contributed by atoms with Crippen molar-refractivity contribution >= 4 is 27.5 Å². The van der Waals surface area contributed by atoms with E-state index in [1.807, 2.05) is 0 Å². The molecule has 27 heavy (non-hydrogen) atoms. The Bertz CT molecular complexity index is 943. The molecule has 3 N–H and O–H groups in total.